The van der Waals surface area contributed by atoms with Crippen LogP contribution in [0, 0.1) is 0 Å². The van der Waals surface area contributed by atoms with Gasteiger partial charge in [-0.2, -0.15) is 0 Å². The molecule has 1 aromatic heterocycles. The first kappa shape index (κ1) is 14.4. The third-order valence-corrected chi connectivity index (χ3v) is 3.37. The molecule has 0 spiro atoms. The molecule has 20 heavy (non-hydrogen) atoms. The number of hydrogen-bond acceptors (Lipinski definition) is 3. The van der Waals surface area contributed by atoms with Gasteiger partial charge >= 0.3 is 0 Å². The van der Waals surface area contributed by atoms with Crippen LogP contribution in [0.5, 0.6) is 0 Å². The van der Waals surface area contributed by atoms with Crippen molar-refractivity contribution in [3.63, 3.8) is 0 Å². The average molecular weight is 275 g/mol. The Morgan fingerprint density at radius 3 is 2.95 bits per heavy atom. The minimum absolute atomic E-state index is 0.210. The number of nitrogens with two attached hydrogens (primary N) is 1. The zero-order valence-corrected chi connectivity index (χ0v) is 11.9. The minimum Gasteiger partial charge on any atom is -0.399 e. The average Bonchev–Trinajstić information content (AvgIpc) is 2.79. The van der Waals surface area contributed by atoms with Gasteiger partial charge in [0.2, 0.25) is 0 Å². The number of nitrogen functional groups attached to an aromatic ring is 1. The summed E-state index contributed by atoms with van der Waals surface area (Å²) in [6.45, 7) is 3.96. The third kappa shape index (κ3) is 3.11. The summed E-state index contributed by atoms with van der Waals surface area (Å²) in [6.07, 6.45) is 3.18. The number of H-pyrrole nitrogens is 1. The van der Waals surface area contributed by atoms with Crippen molar-refractivity contribution < 1.29 is 9.90 Å². The molecule has 0 radical (unpaired) electrons. The van der Waals surface area contributed by atoms with E-state index in [9.17, 15) is 9.90 Å². The van der Waals surface area contributed by atoms with Gasteiger partial charge in [-0.25, -0.2) is 0 Å². The molecule has 2 aromatic rings. The molecule has 5 nitrogen and oxygen atoms in total. The van der Waals surface area contributed by atoms with Crippen molar-refractivity contribution in [2.24, 2.45) is 0 Å². The van der Waals surface area contributed by atoms with E-state index in [0.29, 0.717) is 17.7 Å². The Morgan fingerprint density at radius 1 is 1.50 bits per heavy atom. The number of nitrogens with one attached hydrogen (secondary N) is 2. The normalized spacial score (nSPS) is 14.2. The van der Waals surface area contributed by atoms with Crippen LogP contribution in [0.3, 0.4) is 0 Å². The second kappa shape index (κ2) is 5.54. The van der Waals surface area contributed by atoms with Crippen LogP contribution in [-0.2, 0) is 0 Å². The maximum atomic E-state index is 12.2. The number of carbonyl (C=O) groups is 1. The van der Waals surface area contributed by atoms with Crippen LogP contribution in [0.1, 0.15) is 37.0 Å². The van der Waals surface area contributed by atoms with E-state index in [1.54, 1.807) is 25.3 Å². The fourth-order valence-electron chi connectivity index (χ4n) is 2.32. The monoisotopic (exact) mass is 275 g/mol. The molecule has 1 heterocycles. The SMILES string of the molecule is CCCC(C)(O)CNC(=O)c1c[nH]c2ccc(N)cc12. The lowest BCUT2D eigenvalue weighted by Gasteiger charge is -2.22. The molecular weight excluding hydrogens is 254 g/mol. The van der Waals surface area contributed by atoms with Gasteiger partial charge in [-0.3, -0.25) is 4.79 Å². The number of benzene rings is 1. The summed E-state index contributed by atoms with van der Waals surface area (Å²) in [5.74, 6) is -0.210. The van der Waals surface area contributed by atoms with Crippen LogP contribution >= 0.6 is 0 Å². The van der Waals surface area contributed by atoms with Crippen LogP contribution in [-0.4, -0.2) is 28.1 Å². The van der Waals surface area contributed by atoms with Crippen LogP contribution in [0.25, 0.3) is 10.9 Å². The van der Waals surface area contributed by atoms with E-state index in [1.807, 2.05) is 13.0 Å². The number of amides is 1. The van der Waals surface area contributed by atoms with Gasteiger partial charge in [0.25, 0.3) is 5.91 Å². The highest BCUT2D eigenvalue weighted by Crippen LogP contribution is 2.21. The maximum Gasteiger partial charge on any atom is 0.253 e. The van der Waals surface area contributed by atoms with Crippen molar-refractivity contribution in [3.05, 3.63) is 30.0 Å². The number of hydrogen-bond donors (Lipinski definition) is 4. The molecule has 0 saturated heterocycles. The molecule has 0 aliphatic heterocycles. The Kier molecular flexibility index (Phi) is 3.99. The number of rotatable bonds is 5. The fraction of sp³-hybridized carbons (Fsp3) is 0.400. The van der Waals surface area contributed by atoms with E-state index in [4.69, 9.17) is 5.73 Å². The number of fused-ring (bicyclic) bond motifs is 1. The molecule has 2 rings (SSSR count). The standard InChI is InChI=1S/C15H21N3O2/c1-3-6-15(2,20)9-18-14(19)12-8-17-13-5-4-10(16)7-11(12)13/h4-5,7-8,17,20H,3,6,9,16H2,1-2H3,(H,18,19). The van der Waals surface area contributed by atoms with Crippen molar-refractivity contribution >= 4 is 22.5 Å². The second-order valence-electron chi connectivity index (χ2n) is 5.44. The fourth-order valence-corrected chi connectivity index (χ4v) is 2.32. The Hall–Kier alpha value is -2.01. The summed E-state index contributed by atoms with van der Waals surface area (Å²) in [6, 6.07) is 5.40. The van der Waals surface area contributed by atoms with Crippen LogP contribution < -0.4 is 11.1 Å². The van der Waals surface area contributed by atoms with E-state index in [2.05, 4.69) is 10.3 Å². The maximum absolute atomic E-state index is 12.2. The van der Waals surface area contributed by atoms with Crippen LogP contribution in [0.15, 0.2) is 24.4 Å². The highest BCUT2D eigenvalue weighted by atomic mass is 16.3. The van der Waals surface area contributed by atoms with Crippen molar-refractivity contribution in [1.29, 1.82) is 0 Å². The second-order valence-corrected chi connectivity index (χ2v) is 5.44. The summed E-state index contributed by atoms with van der Waals surface area (Å²) in [5, 5.41) is 13.6. The van der Waals surface area contributed by atoms with E-state index in [1.165, 1.54) is 0 Å². The summed E-state index contributed by atoms with van der Waals surface area (Å²) in [7, 11) is 0. The largest absolute Gasteiger partial charge is 0.399 e. The molecule has 1 atom stereocenters. The topological polar surface area (TPSA) is 91.1 Å². The molecule has 1 amide bonds. The quantitative estimate of drug-likeness (QED) is 0.629. The zero-order chi connectivity index (χ0) is 14.8. The van der Waals surface area contributed by atoms with E-state index in [0.717, 1.165) is 17.3 Å². The molecule has 1 aromatic carbocycles. The molecule has 5 N–H and O–H groups in total. The highest BCUT2D eigenvalue weighted by molar-refractivity contribution is 6.07. The van der Waals surface area contributed by atoms with E-state index >= 15 is 0 Å². The summed E-state index contributed by atoms with van der Waals surface area (Å²) in [4.78, 5) is 15.2. The third-order valence-electron chi connectivity index (χ3n) is 3.37. The molecule has 1 unspecified atom stereocenters. The van der Waals surface area contributed by atoms with E-state index in [-0.39, 0.29) is 12.5 Å². The molecule has 0 aliphatic rings. The van der Waals surface area contributed by atoms with Crippen molar-refractivity contribution in [2.45, 2.75) is 32.3 Å². The van der Waals surface area contributed by atoms with Crippen LogP contribution in [0.2, 0.25) is 0 Å². The summed E-state index contributed by atoms with van der Waals surface area (Å²) < 4.78 is 0. The lowest BCUT2D eigenvalue weighted by molar-refractivity contribution is 0.0470. The van der Waals surface area contributed by atoms with Crippen LogP contribution in [0.4, 0.5) is 5.69 Å². The van der Waals surface area contributed by atoms with Gasteiger partial charge < -0.3 is 21.1 Å². The molecule has 0 saturated carbocycles. The number of aliphatic hydroxyl groups is 1. The molecule has 0 fully saturated rings. The van der Waals surface area contributed by atoms with Crippen molar-refractivity contribution in [2.75, 3.05) is 12.3 Å². The van der Waals surface area contributed by atoms with Gasteiger partial charge in [0.1, 0.15) is 0 Å². The van der Waals surface area contributed by atoms with Crippen molar-refractivity contribution in [3.8, 4) is 0 Å². The number of aromatic amines is 1. The first-order chi connectivity index (χ1) is 9.43. The number of carbonyl (C=O) groups excluding carboxylic acids is 1. The summed E-state index contributed by atoms with van der Waals surface area (Å²) >= 11 is 0. The predicted molar refractivity (Wildman–Crippen MR) is 80.6 cm³/mol. The Bertz CT molecular complexity index is 617. The lowest BCUT2D eigenvalue weighted by atomic mass is 10.0. The molecule has 5 heteroatoms. The minimum atomic E-state index is -0.879. The zero-order valence-electron chi connectivity index (χ0n) is 11.9. The molecule has 108 valence electrons. The lowest BCUT2D eigenvalue weighted by Crippen LogP contribution is -2.40. The van der Waals surface area contributed by atoms with E-state index < -0.39 is 5.60 Å². The van der Waals surface area contributed by atoms with Crippen molar-refractivity contribution in [1.82, 2.24) is 10.3 Å². The molecular formula is C15H21N3O2. The Morgan fingerprint density at radius 2 is 2.25 bits per heavy atom. The summed E-state index contributed by atoms with van der Waals surface area (Å²) in [5.41, 5.74) is 6.89. The first-order valence-corrected chi connectivity index (χ1v) is 6.80. The number of anilines is 1. The van der Waals surface area contributed by atoms with Gasteiger partial charge in [-0.15, -0.1) is 0 Å². The van der Waals surface area contributed by atoms with Gasteiger partial charge in [0.05, 0.1) is 11.2 Å². The van der Waals surface area contributed by atoms with Gasteiger partial charge in [0.15, 0.2) is 0 Å². The Balaban J connectivity index is 2.14. The Labute approximate surface area is 118 Å². The predicted octanol–water partition coefficient (Wildman–Crippen LogP) is 2.03. The van der Waals surface area contributed by atoms with Gasteiger partial charge in [-0.05, 0) is 31.5 Å². The molecule has 0 bridgehead atoms. The number of aromatic nitrogens is 1. The van der Waals surface area contributed by atoms with Gasteiger partial charge in [0, 0.05) is 29.3 Å². The van der Waals surface area contributed by atoms with Gasteiger partial charge in [-0.1, -0.05) is 13.3 Å². The first-order valence-electron chi connectivity index (χ1n) is 6.80. The smallest absolute Gasteiger partial charge is 0.253 e. The highest BCUT2D eigenvalue weighted by Gasteiger charge is 2.21. The molecule has 0 aliphatic carbocycles.